The molecule has 13 heavy (non-hydrogen) atoms. The lowest BCUT2D eigenvalue weighted by Gasteiger charge is -2.08. The molecule has 1 aliphatic carbocycles. The molecule has 0 atom stereocenters. The molecule has 2 nitrogen and oxygen atoms in total. The second-order valence-corrected chi connectivity index (χ2v) is 3.36. The van der Waals surface area contributed by atoms with E-state index in [-0.39, 0.29) is 0 Å². The third-order valence-electron chi connectivity index (χ3n) is 2.42. The zero-order valence-electron chi connectivity index (χ0n) is 7.62. The van der Waals surface area contributed by atoms with Gasteiger partial charge in [-0.15, -0.1) is 0 Å². The van der Waals surface area contributed by atoms with Crippen LogP contribution in [-0.4, -0.2) is 13.4 Å². The number of ether oxygens (including phenoxy) is 1. The van der Waals surface area contributed by atoms with E-state index in [0.717, 1.165) is 12.0 Å². The van der Waals surface area contributed by atoms with Crippen molar-refractivity contribution in [2.45, 2.75) is 18.8 Å². The molecule has 0 radical (unpaired) electrons. The minimum atomic E-state index is 0.620. The van der Waals surface area contributed by atoms with Gasteiger partial charge in [0.1, 0.15) is 5.75 Å². The number of hydrogen-bond acceptors (Lipinski definition) is 2. The van der Waals surface area contributed by atoms with E-state index < -0.39 is 0 Å². The molecular weight excluding hydrogens is 164 g/mol. The molecule has 0 N–H and O–H groups in total. The fourth-order valence-electron chi connectivity index (χ4n) is 1.62. The number of methoxy groups -OCH3 is 1. The predicted octanol–water partition coefficient (Wildman–Crippen LogP) is 2.39. The van der Waals surface area contributed by atoms with E-state index in [0.29, 0.717) is 11.5 Å². The van der Waals surface area contributed by atoms with Gasteiger partial charge in [0.25, 0.3) is 0 Å². The van der Waals surface area contributed by atoms with Crippen LogP contribution in [0.2, 0.25) is 0 Å². The fourth-order valence-corrected chi connectivity index (χ4v) is 1.62. The Morgan fingerprint density at radius 3 is 2.77 bits per heavy atom. The van der Waals surface area contributed by atoms with Gasteiger partial charge in [-0.3, -0.25) is 4.79 Å². The molecule has 1 fully saturated rings. The van der Waals surface area contributed by atoms with E-state index in [1.807, 2.05) is 12.1 Å². The summed E-state index contributed by atoms with van der Waals surface area (Å²) in [6.07, 6.45) is 3.29. The summed E-state index contributed by atoms with van der Waals surface area (Å²) in [6.45, 7) is 0. The number of carbonyl (C=O) groups excluding carboxylic acids is 1. The molecule has 0 aromatic heterocycles. The van der Waals surface area contributed by atoms with E-state index in [9.17, 15) is 4.79 Å². The molecule has 0 saturated heterocycles. The predicted molar refractivity (Wildman–Crippen MR) is 50.4 cm³/mol. The highest BCUT2D eigenvalue weighted by Crippen LogP contribution is 2.44. The maximum atomic E-state index is 10.7. The Morgan fingerprint density at radius 2 is 2.23 bits per heavy atom. The van der Waals surface area contributed by atoms with Crippen LogP contribution in [0.4, 0.5) is 0 Å². The van der Waals surface area contributed by atoms with E-state index >= 15 is 0 Å². The molecule has 68 valence electrons. The number of benzene rings is 1. The summed E-state index contributed by atoms with van der Waals surface area (Å²) in [5.74, 6) is 1.38. The first-order chi connectivity index (χ1) is 6.36. The van der Waals surface area contributed by atoms with Crippen LogP contribution in [0.15, 0.2) is 18.2 Å². The molecule has 1 saturated carbocycles. The summed E-state index contributed by atoms with van der Waals surface area (Å²) in [5.41, 5.74) is 1.85. The third-order valence-corrected chi connectivity index (χ3v) is 2.42. The molecule has 0 unspecified atom stereocenters. The Labute approximate surface area is 77.5 Å². The first-order valence-corrected chi connectivity index (χ1v) is 4.49. The van der Waals surface area contributed by atoms with Crippen LogP contribution in [0, 0.1) is 0 Å². The Kier molecular flexibility index (Phi) is 2.05. The zero-order valence-corrected chi connectivity index (χ0v) is 7.62. The van der Waals surface area contributed by atoms with Crippen molar-refractivity contribution in [2.24, 2.45) is 0 Å². The molecule has 2 heteroatoms. The molecular formula is C11H12O2. The lowest BCUT2D eigenvalue weighted by molar-refractivity contribution is 0.112. The fraction of sp³-hybridized carbons (Fsp3) is 0.364. The van der Waals surface area contributed by atoms with E-state index in [4.69, 9.17) is 4.74 Å². The maximum absolute atomic E-state index is 10.7. The quantitative estimate of drug-likeness (QED) is 0.661. The third kappa shape index (κ3) is 1.44. The van der Waals surface area contributed by atoms with Crippen LogP contribution in [-0.2, 0) is 0 Å². The summed E-state index contributed by atoms with van der Waals surface area (Å²) >= 11 is 0. The second kappa shape index (κ2) is 3.21. The van der Waals surface area contributed by atoms with Gasteiger partial charge >= 0.3 is 0 Å². The molecule has 0 amide bonds. The van der Waals surface area contributed by atoms with Crippen LogP contribution in [0.25, 0.3) is 0 Å². The van der Waals surface area contributed by atoms with Crippen molar-refractivity contribution >= 4 is 6.29 Å². The van der Waals surface area contributed by atoms with E-state index in [2.05, 4.69) is 0 Å². The van der Waals surface area contributed by atoms with Crippen molar-refractivity contribution in [1.29, 1.82) is 0 Å². The molecule has 0 spiro atoms. The van der Waals surface area contributed by atoms with Crippen LogP contribution < -0.4 is 4.74 Å². The van der Waals surface area contributed by atoms with Gasteiger partial charge in [0.2, 0.25) is 0 Å². The van der Waals surface area contributed by atoms with Crippen LogP contribution in [0.3, 0.4) is 0 Å². The molecule has 0 aliphatic heterocycles. The summed E-state index contributed by atoms with van der Waals surface area (Å²) in [4.78, 5) is 10.7. The SMILES string of the molecule is COc1c(C=O)cccc1C1CC1. The van der Waals surface area contributed by atoms with Gasteiger partial charge in [-0.25, -0.2) is 0 Å². The summed E-state index contributed by atoms with van der Waals surface area (Å²) in [6, 6.07) is 5.75. The average molecular weight is 176 g/mol. The largest absolute Gasteiger partial charge is 0.496 e. The van der Waals surface area contributed by atoms with Crippen molar-refractivity contribution in [3.8, 4) is 5.75 Å². The summed E-state index contributed by atoms with van der Waals surface area (Å²) in [7, 11) is 1.62. The van der Waals surface area contributed by atoms with Crippen molar-refractivity contribution in [2.75, 3.05) is 7.11 Å². The zero-order chi connectivity index (χ0) is 9.26. The van der Waals surface area contributed by atoms with Gasteiger partial charge in [0.15, 0.2) is 6.29 Å². The normalized spacial score (nSPS) is 15.5. The van der Waals surface area contributed by atoms with Crippen molar-refractivity contribution in [1.82, 2.24) is 0 Å². The lowest BCUT2D eigenvalue weighted by atomic mass is 10.1. The molecule has 0 heterocycles. The van der Waals surface area contributed by atoms with Crippen LogP contribution in [0.1, 0.15) is 34.7 Å². The second-order valence-electron chi connectivity index (χ2n) is 3.36. The number of hydrogen-bond donors (Lipinski definition) is 0. The average Bonchev–Trinajstić information content (AvgIpc) is 2.99. The van der Waals surface area contributed by atoms with Crippen molar-refractivity contribution in [3.05, 3.63) is 29.3 Å². The Balaban J connectivity index is 2.47. The standard InChI is InChI=1S/C11H12O2/c1-13-11-9(7-12)3-2-4-10(11)8-5-6-8/h2-4,7-8H,5-6H2,1H3. The number of rotatable bonds is 3. The number of aldehydes is 1. The van der Waals surface area contributed by atoms with Gasteiger partial charge in [0.05, 0.1) is 12.7 Å². The first kappa shape index (κ1) is 8.30. The highest BCUT2D eigenvalue weighted by molar-refractivity contribution is 5.80. The minimum Gasteiger partial charge on any atom is -0.496 e. The minimum absolute atomic E-state index is 0.620. The van der Waals surface area contributed by atoms with Gasteiger partial charge in [-0.2, -0.15) is 0 Å². The Hall–Kier alpha value is -1.31. The molecule has 2 rings (SSSR count). The summed E-state index contributed by atoms with van der Waals surface area (Å²) < 4.78 is 5.24. The summed E-state index contributed by atoms with van der Waals surface area (Å²) in [5, 5.41) is 0. The van der Waals surface area contributed by atoms with E-state index in [1.54, 1.807) is 13.2 Å². The molecule has 1 aliphatic rings. The van der Waals surface area contributed by atoms with E-state index in [1.165, 1.54) is 18.4 Å². The van der Waals surface area contributed by atoms with Crippen LogP contribution in [0.5, 0.6) is 5.75 Å². The highest BCUT2D eigenvalue weighted by atomic mass is 16.5. The Bertz CT molecular complexity index is 327. The van der Waals surface area contributed by atoms with Gasteiger partial charge in [0, 0.05) is 0 Å². The van der Waals surface area contributed by atoms with Gasteiger partial charge in [-0.1, -0.05) is 12.1 Å². The monoisotopic (exact) mass is 176 g/mol. The topological polar surface area (TPSA) is 26.3 Å². The Morgan fingerprint density at radius 1 is 1.46 bits per heavy atom. The first-order valence-electron chi connectivity index (χ1n) is 4.49. The highest BCUT2D eigenvalue weighted by Gasteiger charge is 2.27. The van der Waals surface area contributed by atoms with Gasteiger partial charge < -0.3 is 4.74 Å². The molecule has 1 aromatic rings. The number of carbonyl (C=O) groups is 1. The van der Waals surface area contributed by atoms with Crippen molar-refractivity contribution in [3.63, 3.8) is 0 Å². The van der Waals surface area contributed by atoms with Crippen molar-refractivity contribution < 1.29 is 9.53 Å². The molecule has 0 bridgehead atoms. The smallest absolute Gasteiger partial charge is 0.153 e. The molecule has 1 aromatic carbocycles. The maximum Gasteiger partial charge on any atom is 0.153 e. The van der Waals surface area contributed by atoms with Gasteiger partial charge in [-0.05, 0) is 30.4 Å². The number of para-hydroxylation sites is 1. The lowest BCUT2D eigenvalue weighted by Crippen LogP contribution is -1.95. The van der Waals surface area contributed by atoms with Crippen LogP contribution >= 0.6 is 0 Å².